The van der Waals surface area contributed by atoms with Gasteiger partial charge in [0.1, 0.15) is 11.9 Å². The molecule has 1 aliphatic rings. The first-order valence-corrected chi connectivity index (χ1v) is 11.3. The first-order valence-electron chi connectivity index (χ1n) is 9.71. The normalized spacial score (nSPS) is 14.2. The third-order valence-electron chi connectivity index (χ3n) is 4.97. The van der Waals surface area contributed by atoms with Gasteiger partial charge in [-0.05, 0) is 64.5 Å². The highest BCUT2D eigenvalue weighted by Crippen LogP contribution is 2.41. The van der Waals surface area contributed by atoms with Crippen molar-refractivity contribution in [1.82, 2.24) is 10.3 Å². The number of amides is 1. The minimum atomic E-state index is -1.49. The highest BCUT2D eigenvalue weighted by Gasteiger charge is 2.24. The minimum absolute atomic E-state index is 0.207. The second-order valence-electron chi connectivity index (χ2n) is 7.29. The van der Waals surface area contributed by atoms with E-state index in [1.165, 1.54) is 42.9 Å². The Labute approximate surface area is 197 Å². The highest BCUT2D eigenvalue weighted by molar-refractivity contribution is 9.10. The van der Waals surface area contributed by atoms with E-state index in [-0.39, 0.29) is 28.4 Å². The van der Waals surface area contributed by atoms with Crippen LogP contribution in [0.3, 0.4) is 0 Å². The molecule has 160 valence electrons. The number of carbonyl (C=O) groups is 1. The highest BCUT2D eigenvalue weighted by atomic mass is 79.9. The summed E-state index contributed by atoms with van der Waals surface area (Å²) in [7, 11) is 0. The molecule has 1 amide bonds. The third kappa shape index (κ3) is 5.37. The summed E-state index contributed by atoms with van der Waals surface area (Å²) in [5, 5.41) is 3.22. The molecule has 1 N–H and O–H groups in total. The van der Waals surface area contributed by atoms with Crippen molar-refractivity contribution < 1.29 is 13.9 Å². The Balaban J connectivity index is 1.49. The maximum absolute atomic E-state index is 14.7. The average molecular weight is 524 g/mol. The number of aromatic nitrogens is 1. The first-order chi connectivity index (χ1) is 14.9. The van der Waals surface area contributed by atoms with Gasteiger partial charge in [-0.1, -0.05) is 41.4 Å². The Morgan fingerprint density at radius 1 is 1.23 bits per heavy atom. The SMILES string of the molecule is O=C(NC[C@H](F)c1ccc(Cl)cc1Cl)c1c(Br)cncc1Oc1cccc(C2CC2)c1. The predicted octanol–water partition coefficient (Wildman–Crippen LogP) is 7.26. The number of pyridine rings is 1. The largest absolute Gasteiger partial charge is 0.455 e. The molecule has 31 heavy (non-hydrogen) atoms. The standard InChI is InChI=1S/C23H18BrCl2FN2O2/c24-18-10-28-12-21(31-16-3-1-2-14(8-16)13-4-5-13)22(18)23(30)29-11-20(27)17-7-6-15(25)9-19(17)26/h1-3,6-10,12-13,20H,4-5,11H2,(H,29,30)/t20-/m0/s1. The fraction of sp³-hybridized carbons (Fsp3) is 0.217. The van der Waals surface area contributed by atoms with Crippen molar-refractivity contribution in [2.24, 2.45) is 0 Å². The summed E-state index contributed by atoms with van der Waals surface area (Å²) in [4.78, 5) is 17.0. The van der Waals surface area contributed by atoms with Gasteiger partial charge in [-0.3, -0.25) is 9.78 Å². The van der Waals surface area contributed by atoms with Gasteiger partial charge in [-0.2, -0.15) is 0 Å². The van der Waals surface area contributed by atoms with Crippen LogP contribution in [0.4, 0.5) is 4.39 Å². The second-order valence-corrected chi connectivity index (χ2v) is 8.98. The van der Waals surface area contributed by atoms with Crippen molar-refractivity contribution in [1.29, 1.82) is 0 Å². The fourth-order valence-corrected chi connectivity index (χ4v) is 4.25. The van der Waals surface area contributed by atoms with Crippen LogP contribution in [0.25, 0.3) is 0 Å². The molecule has 2 aromatic carbocycles. The first kappa shape index (κ1) is 22.1. The average Bonchev–Trinajstić information content (AvgIpc) is 3.58. The number of hydrogen-bond donors (Lipinski definition) is 1. The Hall–Kier alpha value is -2.15. The summed E-state index contributed by atoms with van der Waals surface area (Å²) < 4.78 is 21.1. The molecule has 0 saturated heterocycles. The second kappa shape index (κ2) is 9.55. The Kier molecular flexibility index (Phi) is 6.80. The Morgan fingerprint density at radius 3 is 2.77 bits per heavy atom. The van der Waals surface area contributed by atoms with E-state index in [2.05, 4.69) is 32.3 Å². The van der Waals surface area contributed by atoms with Crippen molar-refractivity contribution in [3.63, 3.8) is 0 Å². The van der Waals surface area contributed by atoms with Crippen LogP contribution in [0, 0.1) is 0 Å². The van der Waals surface area contributed by atoms with Crippen LogP contribution in [-0.4, -0.2) is 17.4 Å². The van der Waals surface area contributed by atoms with Crippen LogP contribution in [0.15, 0.2) is 59.3 Å². The molecule has 8 heteroatoms. The van der Waals surface area contributed by atoms with Gasteiger partial charge in [-0.15, -0.1) is 0 Å². The molecule has 0 unspecified atom stereocenters. The number of hydrogen-bond acceptors (Lipinski definition) is 3. The number of carbonyl (C=O) groups excluding carboxylic acids is 1. The lowest BCUT2D eigenvalue weighted by atomic mass is 10.1. The molecule has 1 fully saturated rings. The quantitative estimate of drug-likeness (QED) is 0.354. The van der Waals surface area contributed by atoms with E-state index in [9.17, 15) is 9.18 Å². The molecule has 4 nitrogen and oxygen atoms in total. The summed E-state index contributed by atoms with van der Waals surface area (Å²) in [6.07, 6.45) is 3.82. The molecule has 4 rings (SSSR count). The van der Waals surface area contributed by atoms with Crippen LogP contribution in [0.1, 0.15) is 46.4 Å². The lowest BCUT2D eigenvalue weighted by molar-refractivity contribution is 0.0938. The molecule has 1 aromatic heterocycles. The lowest BCUT2D eigenvalue weighted by Gasteiger charge is -2.15. The number of halogens is 4. The molecule has 1 heterocycles. The fourth-order valence-electron chi connectivity index (χ4n) is 3.23. The van der Waals surface area contributed by atoms with Crippen LogP contribution < -0.4 is 10.1 Å². The monoisotopic (exact) mass is 522 g/mol. The van der Waals surface area contributed by atoms with Crippen LogP contribution in [0.5, 0.6) is 11.5 Å². The molecule has 0 aliphatic heterocycles. The minimum Gasteiger partial charge on any atom is -0.455 e. The van der Waals surface area contributed by atoms with Crippen LogP contribution in [-0.2, 0) is 0 Å². The summed E-state index contributed by atoms with van der Waals surface area (Å²) in [6, 6.07) is 12.3. The van der Waals surface area contributed by atoms with Crippen molar-refractivity contribution >= 4 is 45.0 Å². The van der Waals surface area contributed by atoms with E-state index in [4.69, 9.17) is 27.9 Å². The van der Waals surface area contributed by atoms with E-state index in [0.29, 0.717) is 21.2 Å². The summed E-state index contributed by atoms with van der Waals surface area (Å²) >= 11 is 15.3. The van der Waals surface area contributed by atoms with Gasteiger partial charge in [0.05, 0.1) is 22.8 Å². The molecule has 0 bridgehead atoms. The molecule has 0 radical (unpaired) electrons. The summed E-state index contributed by atoms with van der Waals surface area (Å²) in [5.41, 5.74) is 1.71. The van der Waals surface area contributed by atoms with Crippen LogP contribution >= 0.6 is 39.1 Å². The smallest absolute Gasteiger partial charge is 0.256 e. The molecule has 1 atom stereocenters. The van der Waals surface area contributed by atoms with Gasteiger partial charge < -0.3 is 10.1 Å². The molecule has 3 aromatic rings. The molecule has 1 aliphatic carbocycles. The predicted molar refractivity (Wildman–Crippen MR) is 123 cm³/mol. The lowest BCUT2D eigenvalue weighted by Crippen LogP contribution is -2.28. The van der Waals surface area contributed by atoms with E-state index in [1.807, 2.05) is 18.2 Å². The number of benzene rings is 2. The van der Waals surface area contributed by atoms with Gasteiger partial charge in [0, 0.05) is 21.8 Å². The topological polar surface area (TPSA) is 51.2 Å². The Morgan fingerprint density at radius 2 is 2.03 bits per heavy atom. The zero-order valence-electron chi connectivity index (χ0n) is 16.2. The number of rotatable bonds is 7. The number of alkyl halides is 1. The molecular formula is C23H18BrCl2FN2O2. The van der Waals surface area contributed by atoms with Crippen molar-refractivity contribution in [3.8, 4) is 11.5 Å². The number of nitrogens with one attached hydrogen (secondary N) is 1. The van der Waals surface area contributed by atoms with Crippen molar-refractivity contribution in [2.75, 3.05) is 6.54 Å². The van der Waals surface area contributed by atoms with Gasteiger partial charge >= 0.3 is 0 Å². The van der Waals surface area contributed by atoms with Gasteiger partial charge in [0.25, 0.3) is 5.91 Å². The van der Waals surface area contributed by atoms with E-state index in [1.54, 1.807) is 6.07 Å². The zero-order chi connectivity index (χ0) is 22.0. The van der Waals surface area contributed by atoms with E-state index < -0.39 is 12.1 Å². The third-order valence-corrected chi connectivity index (χ3v) is 6.13. The van der Waals surface area contributed by atoms with Crippen molar-refractivity contribution in [3.05, 3.63) is 86.1 Å². The number of nitrogens with zero attached hydrogens (tertiary/aromatic N) is 1. The zero-order valence-corrected chi connectivity index (χ0v) is 19.3. The van der Waals surface area contributed by atoms with Gasteiger partial charge in [-0.25, -0.2) is 4.39 Å². The van der Waals surface area contributed by atoms with E-state index >= 15 is 0 Å². The summed E-state index contributed by atoms with van der Waals surface area (Å²) in [6.45, 7) is -0.258. The molecule has 0 spiro atoms. The summed E-state index contributed by atoms with van der Waals surface area (Å²) in [5.74, 6) is 0.984. The van der Waals surface area contributed by atoms with E-state index in [0.717, 1.165) is 0 Å². The number of ether oxygens (including phenoxy) is 1. The van der Waals surface area contributed by atoms with Crippen LogP contribution in [0.2, 0.25) is 10.0 Å². The van der Waals surface area contributed by atoms with Gasteiger partial charge in [0.2, 0.25) is 0 Å². The van der Waals surface area contributed by atoms with Gasteiger partial charge in [0.15, 0.2) is 5.75 Å². The molecular weight excluding hydrogens is 506 g/mol. The Bertz CT molecular complexity index is 1120. The maximum Gasteiger partial charge on any atom is 0.256 e. The molecule has 1 saturated carbocycles. The van der Waals surface area contributed by atoms with Crippen molar-refractivity contribution in [2.45, 2.75) is 24.9 Å². The maximum atomic E-state index is 14.7.